The van der Waals surface area contributed by atoms with Gasteiger partial charge >= 0.3 is 0 Å². The number of fused-ring (bicyclic) bond motifs is 1. The molecule has 2 heteroatoms. The zero-order valence-electron chi connectivity index (χ0n) is 18.6. The maximum absolute atomic E-state index is 6.39. The number of benzene rings is 1. The summed E-state index contributed by atoms with van der Waals surface area (Å²) in [7, 11) is 0. The Morgan fingerprint density at radius 2 is 1.50 bits per heavy atom. The summed E-state index contributed by atoms with van der Waals surface area (Å²) in [5.41, 5.74) is 3.87. The molecule has 1 unspecified atom stereocenters. The van der Waals surface area contributed by atoms with Crippen molar-refractivity contribution < 1.29 is 9.47 Å². The van der Waals surface area contributed by atoms with Crippen molar-refractivity contribution in [3.63, 3.8) is 0 Å². The molecule has 0 radical (unpaired) electrons. The molecule has 2 nitrogen and oxygen atoms in total. The standard InChI is InChI=1S/C26H40O2/c1-17-5-10-22(11-6-17)23-13-8-21(9-14-23)16-27-25-15-24-12-7-18(2)28-26(24)20(4)19(25)3/h15,17-18,21-23H,5-14,16H2,1-4H3. The van der Waals surface area contributed by atoms with Crippen LogP contribution < -0.4 is 9.47 Å². The van der Waals surface area contributed by atoms with Crippen LogP contribution in [0.4, 0.5) is 0 Å². The molecule has 0 aromatic heterocycles. The van der Waals surface area contributed by atoms with Gasteiger partial charge in [-0.3, -0.25) is 0 Å². The van der Waals surface area contributed by atoms with E-state index in [0.717, 1.165) is 54.6 Å². The van der Waals surface area contributed by atoms with Gasteiger partial charge in [-0.2, -0.15) is 0 Å². The van der Waals surface area contributed by atoms with Gasteiger partial charge in [0.2, 0.25) is 0 Å². The van der Waals surface area contributed by atoms with Crippen molar-refractivity contribution in [2.45, 2.75) is 98.0 Å². The third-order valence-electron chi connectivity index (χ3n) is 8.10. The molecular formula is C26H40O2. The van der Waals surface area contributed by atoms with Gasteiger partial charge in [-0.15, -0.1) is 0 Å². The Labute approximate surface area is 172 Å². The highest BCUT2D eigenvalue weighted by Gasteiger charge is 2.30. The van der Waals surface area contributed by atoms with E-state index in [1.54, 1.807) is 0 Å². The van der Waals surface area contributed by atoms with Crippen LogP contribution in [0.25, 0.3) is 0 Å². The minimum absolute atomic E-state index is 0.333. The molecule has 1 heterocycles. The number of ether oxygens (including phenoxy) is 2. The second kappa shape index (κ2) is 8.67. The topological polar surface area (TPSA) is 18.5 Å². The SMILES string of the molecule is Cc1c(OCC2CCC(C3CCC(C)CC3)CC2)cc2c(c1C)OC(C)CC2. The first-order valence-electron chi connectivity index (χ1n) is 11.9. The fourth-order valence-electron chi connectivity index (χ4n) is 5.84. The summed E-state index contributed by atoms with van der Waals surface area (Å²) in [4.78, 5) is 0. The van der Waals surface area contributed by atoms with Crippen molar-refractivity contribution in [3.8, 4) is 11.5 Å². The Balaban J connectivity index is 1.30. The predicted molar refractivity (Wildman–Crippen MR) is 116 cm³/mol. The summed E-state index contributed by atoms with van der Waals surface area (Å²) >= 11 is 0. The summed E-state index contributed by atoms with van der Waals surface area (Å²) < 4.78 is 12.5. The molecule has 0 spiro atoms. The van der Waals surface area contributed by atoms with E-state index >= 15 is 0 Å². The van der Waals surface area contributed by atoms with Crippen molar-refractivity contribution in [1.82, 2.24) is 0 Å². The van der Waals surface area contributed by atoms with E-state index in [1.165, 1.54) is 68.1 Å². The first-order valence-corrected chi connectivity index (χ1v) is 11.9. The minimum atomic E-state index is 0.333. The van der Waals surface area contributed by atoms with E-state index in [4.69, 9.17) is 9.47 Å². The van der Waals surface area contributed by atoms with Crippen LogP contribution in [0, 0.1) is 37.5 Å². The van der Waals surface area contributed by atoms with Crippen molar-refractivity contribution in [1.29, 1.82) is 0 Å². The maximum Gasteiger partial charge on any atom is 0.126 e. The quantitative estimate of drug-likeness (QED) is 0.555. The molecule has 2 saturated carbocycles. The summed E-state index contributed by atoms with van der Waals surface area (Å²) in [6.45, 7) is 9.88. The lowest BCUT2D eigenvalue weighted by molar-refractivity contribution is 0.125. The van der Waals surface area contributed by atoms with Crippen LogP contribution in [-0.4, -0.2) is 12.7 Å². The fraction of sp³-hybridized carbons (Fsp3) is 0.769. The summed E-state index contributed by atoms with van der Waals surface area (Å²) in [5.74, 6) is 5.94. The first-order chi connectivity index (χ1) is 13.5. The van der Waals surface area contributed by atoms with Crippen LogP contribution in [0.2, 0.25) is 0 Å². The van der Waals surface area contributed by atoms with E-state index in [2.05, 4.69) is 33.8 Å². The van der Waals surface area contributed by atoms with Gasteiger partial charge in [-0.05, 0) is 119 Å². The van der Waals surface area contributed by atoms with E-state index in [1.807, 2.05) is 0 Å². The second-order valence-corrected chi connectivity index (χ2v) is 10.2. The van der Waals surface area contributed by atoms with Gasteiger partial charge in [0.15, 0.2) is 0 Å². The van der Waals surface area contributed by atoms with Gasteiger partial charge in [0.25, 0.3) is 0 Å². The molecule has 4 rings (SSSR count). The monoisotopic (exact) mass is 384 g/mol. The van der Waals surface area contributed by atoms with Crippen LogP contribution in [0.1, 0.15) is 88.3 Å². The first kappa shape index (κ1) is 20.1. The average molecular weight is 385 g/mol. The Kier molecular flexibility index (Phi) is 6.23. The van der Waals surface area contributed by atoms with Gasteiger partial charge in [0, 0.05) is 0 Å². The van der Waals surface area contributed by atoms with Crippen molar-refractivity contribution in [2.75, 3.05) is 6.61 Å². The van der Waals surface area contributed by atoms with Crippen molar-refractivity contribution in [3.05, 3.63) is 22.8 Å². The molecule has 2 aliphatic carbocycles. The third-order valence-corrected chi connectivity index (χ3v) is 8.10. The smallest absolute Gasteiger partial charge is 0.126 e. The lowest BCUT2D eigenvalue weighted by Crippen LogP contribution is -2.27. The van der Waals surface area contributed by atoms with Crippen LogP contribution in [0.3, 0.4) is 0 Å². The van der Waals surface area contributed by atoms with Crippen LogP contribution in [0.15, 0.2) is 6.07 Å². The van der Waals surface area contributed by atoms with Gasteiger partial charge in [0.05, 0.1) is 12.7 Å². The van der Waals surface area contributed by atoms with E-state index < -0.39 is 0 Å². The normalized spacial score (nSPS) is 33.1. The molecule has 0 N–H and O–H groups in total. The second-order valence-electron chi connectivity index (χ2n) is 10.2. The fourth-order valence-corrected chi connectivity index (χ4v) is 5.84. The van der Waals surface area contributed by atoms with E-state index in [-0.39, 0.29) is 0 Å². The maximum atomic E-state index is 6.39. The molecule has 1 atom stereocenters. The Hall–Kier alpha value is -1.18. The molecule has 28 heavy (non-hydrogen) atoms. The predicted octanol–water partition coefficient (Wildman–Crippen LogP) is 7.03. The number of hydrogen-bond acceptors (Lipinski definition) is 2. The molecule has 1 aromatic carbocycles. The number of rotatable bonds is 4. The number of hydrogen-bond donors (Lipinski definition) is 0. The Morgan fingerprint density at radius 3 is 2.18 bits per heavy atom. The molecular weight excluding hydrogens is 344 g/mol. The molecule has 0 bridgehead atoms. The van der Waals surface area contributed by atoms with Gasteiger partial charge in [0.1, 0.15) is 11.5 Å². The molecule has 2 fully saturated rings. The molecule has 1 aromatic rings. The van der Waals surface area contributed by atoms with E-state index in [9.17, 15) is 0 Å². The summed E-state index contributed by atoms with van der Waals surface area (Å²) in [6, 6.07) is 2.26. The highest BCUT2D eigenvalue weighted by atomic mass is 16.5. The zero-order valence-corrected chi connectivity index (χ0v) is 18.6. The third kappa shape index (κ3) is 4.36. The molecule has 1 aliphatic heterocycles. The largest absolute Gasteiger partial charge is 0.493 e. The zero-order chi connectivity index (χ0) is 19.7. The van der Waals surface area contributed by atoms with Crippen LogP contribution in [-0.2, 0) is 6.42 Å². The van der Waals surface area contributed by atoms with Crippen LogP contribution in [0.5, 0.6) is 11.5 Å². The lowest BCUT2D eigenvalue weighted by Gasteiger charge is -2.37. The Bertz CT molecular complexity index is 664. The lowest BCUT2D eigenvalue weighted by atomic mass is 9.69. The Morgan fingerprint density at radius 1 is 0.857 bits per heavy atom. The highest BCUT2D eigenvalue weighted by molar-refractivity contribution is 5.53. The average Bonchev–Trinajstić information content (AvgIpc) is 2.71. The minimum Gasteiger partial charge on any atom is -0.493 e. The summed E-state index contributed by atoms with van der Waals surface area (Å²) in [6.07, 6.45) is 14.0. The van der Waals surface area contributed by atoms with E-state index in [0.29, 0.717) is 6.10 Å². The molecule has 0 amide bonds. The number of aryl methyl sites for hydroxylation is 1. The summed E-state index contributed by atoms with van der Waals surface area (Å²) in [5, 5.41) is 0. The molecule has 156 valence electrons. The molecule has 3 aliphatic rings. The molecule has 0 saturated heterocycles. The van der Waals surface area contributed by atoms with Gasteiger partial charge in [-0.25, -0.2) is 0 Å². The van der Waals surface area contributed by atoms with Crippen LogP contribution >= 0.6 is 0 Å². The van der Waals surface area contributed by atoms with Crippen molar-refractivity contribution >= 4 is 0 Å². The van der Waals surface area contributed by atoms with Crippen molar-refractivity contribution in [2.24, 2.45) is 23.7 Å². The highest BCUT2D eigenvalue weighted by Crippen LogP contribution is 2.42. The van der Waals surface area contributed by atoms with Gasteiger partial charge in [-0.1, -0.05) is 19.8 Å². The van der Waals surface area contributed by atoms with Gasteiger partial charge < -0.3 is 9.47 Å².